The van der Waals surface area contributed by atoms with Gasteiger partial charge in [-0.1, -0.05) is 13.8 Å². The van der Waals surface area contributed by atoms with E-state index in [9.17, 15) is 9.59 Å². The standard InChI is InChI=1S/C22H30N4O2/c1-15-5-3-7-19(13-15)23-25-21(27)17-9-11-18(12-10-17)22(28)26-24-20-8-4-6-16(2)14-20/h9-12,15-16H,3-8,13-14H2,1-2H3,(H,25,27)(H,26,28)/b23-19-,24-20-/t15-,16-/m0/s1. The average molecular weight is 383 g/mol. The number of carbonyl (C=O) groups is 2. The molecule has 0 heterocycles. The first-order valence-corrected chi connectivity index (χ1v) is 10.3. The molecule has 1 aromatic carbocycles. The van der Waals surface area contributed by atoms with Gasteiger partial charge in [0.05, 0.1) is 0 Å². The smallest absolute Gasteiger partial charge is 0.267 e. The van der Waals surface area contributed by atoms with Gasteiger partial charge in [-0.15, -0.1) is 0 Å². The summed E-state index contributed by atoms with van der Waals surface area (Å²) in [5.41, 5.74) is 8.35. The fourth-order valence-electron chi connectivity index (χ4n) is 3.89. The molecule has 2 aliphatic carbocycles. The molecule has 2 fully saturated rings. The van der Waals surface area contributed by atoms with E-state index in [1.165, 1.54) is 12.8 Å². The maximum Gasteiger partial charge on any atom is 0.271 e. The summed E-state index contributed by atoms with van der Waals surface area (Å²) in [7, 11) is 0. The maximum atomic E-state index is 12.3. The van der Waals surface area contributed by atoms with Crippen LogP contribution in [0.4, 0.5) is 0 Å². The van der Waals surface area contributed by atoms with Gasteiger partial charge in [-0.3, -0.25) is 9.59 Å². The van der Waals surface area contributed by atoms with E-state index in [1.807, 2.05) is 0 Å². The molecule has 6 nitrogen and oxygen atoms in total. The van der Waals surface area contributed by atoms with Crippen molar-refractivity contribution in [2.75, 3.05) is 0 Å². The van der Waals surface area contributed by atoms with Gasteiger partial charge in [-0.2, -0.15) is 10.2 Å². The second-order valence-corrected chi connectivity index (χ2v) is 8.22. The summed E-state index contributed by atoms with van der Waals surface area (Å²) in [6.45, 7) is 4.42. The third kappa shape index (κ3) is 5.75. The van der Waals surface area contributed by atoms with E-state index in [1.54, 1.807) is 24.3 Å². The molecule has 1 aromatic rings. The van der Waals surface area contributed by atoms with E-state index in [2.05, 4.69) is 34.9 Å². The van der Waals surface area contributed by atoms with Gasteiger partial charge < -0.3 is 0 Å². The molecule has 0 bridgehead atoms. The van der Waals surface area contributed by atoms with Crippen LogP contribution in [0.15, 0.2) is 34.5 Å². The van der Waals surface area contributed by atoms with Crippen molar-refractivity contribution in [2.45, 2.75) is 65.2 Å². The highest BCUT2D eigenvalue weighted by atomic mass is 16.2. The minimum Gasteiger partial charge on any atom is -0.267 e. The Kier molecular flexibility index (Phi) is 6.95. The molecule has 0 aromatic heterocycles. The van der Waals surface area contributed by atoms with E-state index in [0.29, 0.717) is 23.0 Å². The highest BCUT2D eigenvalue weighted by molar-refractivity contribution is 5.99. The molecule has 2 amide bonds. The van der Waals surface area contributed by atoms with Gasteiger partial charge in [0.2, 0.25) is 0 Å². The minimum atomic E-state index is -0.255. The predicted molar refractivity (Wildman–Crippen MR) is 112 cm³/mol. The number of amides is 2. The zero-order chi connectivity index (χ0) is 19.9. The zero-order valence-corrected chi connectivity index (χ0v) is 16.8. The van der Waals surface area contributed by atoms with Crippen LogP contribution in [0.25, 0.3) is 0 Å². The summed E-state index contributed by atoms with van der Waals surface area (Å²) in [5.74, 6) is 0.744. The first kappa shape index (κ1) is 20.2. The summed E-state index contributed by atoms with van der Waals surface area (Å²) in [6, 6.07) is 6.57. The van der Waals surface area contributed by atoms with Crippen molar-refractivity contribution in [3.8, 4) is 0 Å². The minimum absolute atomic E-state index is 0.255. The zero-order valence-electron chi connectivity index (χ0n) is 16.8. The molecular formula is C22H30N4O2. The van der Waals surface area contributed by atoms with E-state index in [4.69, 9.17) is 0 Å². The molecule has 28 heavy (non-hydrogen) atoms. The molecule has 2 N–H and O–H groups in total. The van der Waals surface area contributed by atoms with E-state index < -0.39 is 0 Å². The van der Waals surface area contributed by atoms with Crippen LogP contribution in [0, 0.1) is 11.8 Å². The number of hydrogen-bond donors (Lipinski definition) is 2. The molecular weight excluding hydrogens is 352 g/mol. The third-order valence-electron chi connectivity index (χ3n) is 5.53. The summed E-state index contributed by atoms with van der Waals surface area (Å²) in [5, 5.41) is 8.55. The van der Waals surface area contributed by atoms with Gasteiger partial charge in [0.25, 0.3) is 11.8 Å². The Morgan fingerprint density at radius 1 is 0.786 bits per heavy atom. The first-order chi connectivity index (χ1) is 13.5. The molecule has 2 saturated carbocycles. The molecule has 0 spiro atoms. The largest absolute Gasteiger partial charge is 0.271 e. The molecule has 2 aliphatic rings. The second kappa shape index (κ2) is 9.62. The van der Waals surface area contributed by atoms with Gasteiger partial charge in [-0.05, 0) is 87.5 Å². The highest BCUT2D eigenvalue weighted by Crippen LogP contribution is 2.21. The third-order valence-corrected chi connectivity index (χ3v) is 5.53. The van der Waals surface area contributed by atoms with Crippen LogP contribution < -0.4 is 10.9 Å². The normalized spacial score (nSPS) is 25.5. The fraction of sp³-hybridized carbons (Fsp3) is 0.545. The molecule has 2 atom stereocenters. The number of hydrogen-bond acceptors (Lipinski definition) is 4. The van der Waals surface area contributed by atoms with Gasteiger partial charge in [0.15, 0.2) is 0 Å². The van der Waals surface area contributed by atoms with Crippen molar-refractivity contribution in [1.29, 1.82) is 0 Å². The molecule has 0 unspecified atom stereocenters. The van der Waals surface area contributed by atoms with Gasteiger partial charge >= 0.3 is 0 Å². The average Bonchev–Trinajstić information content (AvgIpc) is 2.70. The number of nitrogens with zero attached hydrogens (tertiary/aromatic N) is 2. The summed E-state index contributed by atoms with van der Waals surface area (Å²) in [6.07, 6.45) is 8.49. The monoisotopic (exact) mass is 382 g/mol. The second-order valence-electron chi connectivity index (χ2n) is 8.22. The lowest BCUT2D eigenvalue weighted by atomic mass is 9.89. The Morgan fingerprint density at radius 3 is 1.54 bits per heavy atom. The fourth-order valence-corrected chi connectivity index (χ4v) is 3.89. The molecule has 0 saturated heterocycles. The molecule has 6 heteroatoms. The van der Waals surface area contributed by atoms with E-state index in [-0.39, 0.29) is 11.8 Å². The lowest BCUT2D eigenvalue weighted by Crippen LogP contribution is -2.23. The van der Waals surface area contributed by atoms with Crippen LogP contribution in [0.1, 0.15) is 85.9 Å². The maximum absolute atomic E-state index is 12.3. The van der Waals surface area contributed by atoms with E-state index in [0.717, 1.165) is 49.9 Å². The number of rotatable bonds is 4. The van der Waals surface area contributed by atoms with Gasteiger partial charge in [-0.25, -0.2) is 10.9 Å². The molecule has 0 radical (unpaired) electrons. The Labute approximate surface area is 166 Å². The molecule has 150 valence electrons. The number of hydrazone groups is 2. The Bertz CT molecular complexity index is 702. The predicted octanol–water partition coefficient (Wildman–Crippen LogP) is 4.28. The van der Waals surface area contributed by atoms with Crippen LogP contribution in [0.2, 0.25) is 0 Å². The molecule has 0 aliphatic heterocycles. The molecule has 3 rings (SSSR count). The quantitative estimate of drug-likeness (QED) is 0.762. The number of carbonyl (C=O) groups excluding carboxylic acids is 2. The van der Waals surface area contributed by atoms with Crippen LogP contribution in [-0.4, -0.2) is 23.2 Å². The summed E-state index contributed by atoms with van der Waals surface area (Å²) < 4.78 is 0. The van der Waals surface area contributed by atoms with Crippen LogP contribution in [-0.2, 0) is 0 Å². The van der Waals surface area contributed by atoms with Crippen LogP contribution in [0.3, 0.4) is 0 Å². The van der Waals surface area contributed by atoms with Crippen molar-refractivity contribution >= 4 is 23.2 Å². The Balaban J connectivity index is 1.53. The number of nitrogens with one attached hydrogen (secondary N) is 2. The summed E-state index contributed by atoms with van der Waals surface area (Å²) in [4.78, 5) is 24.5. The Hall–Kier alpha value is -2.50. The van der Waals surface area contributed by atoms with Crippen molar-refractivity contribution in [3.05, 3.63) is 35.4 Å². The van der Waals surface area contributed by atoms with Crippen molar-refractivity contribution in [2.24, 2.45) is 22.0 Å². The van der Waals surface area contributed by atoms with Crippen LogP contribution in [0.5, 0.6) is 0 Å². The topological polar surface area (TPSA) is 82.9 Å². The Morgan fingerprint density at radius 2 is 1.18 bits per heavy atom. The van der Waals surface area contributed by atoms with Crippen LogP contribution >= 0.6 is 0 Å². The van der Waals surface area contributed by atoms with Crippen molar-refractivity contribution in [1.82, 2.24) is 10.9 Å². The van der Waals surface area contributed by atoms with Crippen molar-refractivity contribution < 1.29 is 9.59 Å². The van der Waals surface area contributed by atoms with E-state index >= 15 is 0 Å². The lowest BCUT2D eigenvalue weighted by molar-refractivity contribution is 0.0942. The lowest BCUT2D eigenvalue weighted by Gasteiger charge is -2.19. The van der Waals surface area contributed by atoms with Crippen molar-refractivity contribution in [3.63, 3.8) is 0 Å². The van der Waals surface area contributed by atoms with Gasteiger partial charge in [0, 0.05) is 22.6 Å². The summed E-state index contributed by atoms with van der Waals surface area (Å²) >= 11 is 0. The van der Waals surface area contributed by atoms with Gasteiger partial charge in [0.1, 0.15) is 0 Å². The highest BCUT2D eigenvalue weighted by Gasteiger charge is 2.16. The number of benzene rings is 1. The first-order valence-electron chi connectivity index (χ1n) is 10.3. The SMILES string of the molecule is C[C@H]1CCC/C(=N/NC(=O)c2ccc(C(=O)N/N=C3/CCC[C@H](C)C3)cc2)C1.